The molecule has 8 heteroatoms. The van der Waals surface area contributed by atoms with Crippen LogP contribution in [0.15, 0.2) is 58.8 Å². The molecule has 0 aliphatic carbocycles. The third-order valence-electron chi connectivity index (χ3n) is 3.63. The molecule has 0 saturated heterocycles. The normalized spacial score (nSPS) is 11.0. The standard InChI is InChI=1S/C19H17N3O5/c1-2-26-19(25)12-6-5-7-13(10-12)27-11-16(23)21-22-17-14-8-3-4-9-15(14)20-18(17)24/h3-10,20,24H,2,11H2,1H3. The zero-order chi connectivity index (χ0) is 19.2. The maximum Gasteiger partial charge on any atom is 0.338 e. The predicted octanol–water partition coefficient (Wildman–Crippen LogP) is 3.74. The molecule has 27 heavy (non-hydrogen) atoms. The first-order valence-corrected chi connectivity index (χ1v) is 8.22. The second-order valence-corrected chi connectivity index (χ2v) is 5.50. The molecule has 0 radical (unpaired) electrons. The number of hydrogen-bond acceptors (Lipinski definition) is 6. The van der Waals surface area contributed by atoms with Gasteiger partial charge in [-0.3, -0.25) is 4.79 Å². The smallest absolute Gasteiger partial charge is 0.338 e. The van der Waals surface area contributed by atoms with Crippen molar-refractivity contribution < 1.29 is 24.2 Å². The number of nitrogens with one attached hydrogen (secondary N) is 1. The number of ether oxygens (including phenoxy) is 2. The topological polar surface area (TPSA) is 113 Å². The van der Waals surface area contributed by atoms with E-state index in [1.54, 1.807) is 43.3 Å². The molecule has 138 valence electrons. The fourth-order valence-electron chi connectivity index (χ4n) is 2.42. The quantitative estimate of drug-likeness (QED) is 0.509. The summed E-state index contributed by atoms with van der Waals surface area (Å²) in [6, 6.07) is 13.4. The minimum atomic E-state index is -0.638. The number of aromatic hydroxyl groups is 1. The molecule has 1 aromatic heterocycles. The molecule has 0 spiro atoms. The van der Waals surface area contributed by atoms with Crippen LogP contribution in [0.3, 0.4) is 0 Å². The molecule has 0 fully saturated rings. The Bertz CT molecular complexity index is 1010. The second-order valence-electron chi connectivity index (χ2n) is 5.50. The van der Waals surface area contributed by atoms with Crippen molar-refractivity contribution in [3.8, 4) is 11.6 Å². The van der Waals surface area contributed by atoms with E-state index in [9.17, 15) is 14.7 Å². The SMILES string of the molecule is CCOC(=O)c1cccc(OCC(=O)N=Nc2c(O)[nH]c3ccccc23)c1. The largest absolute Gasteiger partial charge is 0.493 e. The Labute approximate surface area is 154 Å². The number of aromatic nitrogens is 1. The van der Waals surface area contributed by atoms with Crippen LogP contribution < -0.4 is 4.74 Å². The van der Waals surface area contributed by atoms with Gasteiger partial charge in [-0.1, -0.05) is 24.3 Å². The summed E-state index contributed by atoms with van der Waals surface area (Å²) in [6.07, 6.45) is 0. The number of fused-ring (bicyclic) bond motifs is 1. The first kappa shape index (κ1) is 18.1. The lowest BCUT2D eigenvalue weighted by Crippen LogP contribution is -2.09. The van der Waals surface area contributed by atoms with E-state index in [0.29, 0.717) is 22.2 Å². The summed E-state index contributed by atoms with van der Waals surface area (Å²) in [5.41, 5.74) is 1.19. The summed E-state index contributed by atoms with van der Waals surface area (Å²) in [7, 11) is 0. The number of nitrogens with zero attached hydrogens (tertiary/aromatic N) is 2. The summed E-state index contributed by atoms with van der Waals surface area (Å²) in [5, 5.41) is 17.9. The number of azo groups is 1. The number of benzene rings is 2. The van der Waals surface area contributed by atoms with Crippen molar-refractivity contribution in [3.05, 3.63) is 54.1 Å². The van der Waals surface area contributed by atoms with Crippen LogP contribution in [0.25, 0.3) is 10.9 Å². The zero-order valence-corrected chi connectivity index (χ0v) is 14.5. The van der Waals surface area contributed by atoms with Gasteiger partial charge >= 0.3 is 11.9 Å². The van der Waals surface area contributed by atoms with Gasteiger partial charge in [0.15, 0.2) is 12.3 Å². The van der Waals surface area contributed by atoms with E-state index in [1.165, 1.54) is 6.07 Å². The number of H-pyrrole nitrogens is 1. The molecule has 0 unspecified atom stereocenters. The fraction of sp³-hybridized carbons (Fsp3) is 0.158. The van der Waals surface area contributed by atoms with Gasteiger partial charge in [-0.25, -0.2) is 4.79 Å². The molecule has 0 bridgehead atoms. The van der Waals surface area contributed by atoms with E-state index in [4.69, 9.17) is 9.47 Å². The Balaban J connectivity index is 1.64. The van der Waals surface area contributed by atoms with Crippen LogP contribution in [0.2, 0.25) is 0 Å². The molecular formula is C19H17N3O5. The minimum Gasteiger partial charge on any atom is -0.493 e. The summed E-state index contributed by atoms with van der Waals surface area (Å²) in [6.45, 7) is 1.62. The van der Waals surface area contributed by atoms with Crippen molar-refractivity contribution in [2.45, 2.75) is 6.92 Å². The number of para-hydroxylation sites is 1. The molecule has 2 aromatic carbocycles. The Kier molecular flexibility index (Phi) is 5.46. The van der Waals surface area contributed by atoms with Gasteiger partial charge in [0.2, 0.25) is 5.88 Å². The lowest BCUT2D eigenvalue weighted by atomic mass is 10.2. The number of carbonyl (C=O) groups excluding carboxylic acids is 2. The predicted molar refractivity (Wildman–Crippen MR) is 97.4 cm³/mol. The highest BCUT2D eigenvalue weighted by Crippen LogP contribution is 2.35. The van der Waals surface area contributed by atoms with Crippen molar-refractivity contribution in [2.24, 2.45) is 10.2 Å². The van der Waals surface area contributed by atoms with E-state index < -0.39 is 11.9 Å². The van der Waals surface area contributed by atoms with Gasteiger partial charge in [-0.15, -0.1) is 10.2 Å². The van der Waals surface area contributed by atoms with Gasteiger partial charge in [0.1, 0.15) is 5.75 Å². The van der Waals surface area contributed by atoms with E-state index in [2.05, 4.69) is 15.2 Å². The van der Waals surface area contributed by atoms with Gasteiger partial charge in [0, 0.05) is 5.39 Å². The molecule has 3 rings (SSSR count). The van der Waals surface area contributed by atoms with Crippen molar-refractivity contribution in [2.75, 3.05) is 13.2 Å². The molecule has 0 aliphatic rings. The van der Waals surface area contributed by atoms with Crippen LogP contribution in [0.1, 0.15) is 17.3 Å². The van der Waals surface area contributed by atoms with Gasteiger partial charge in [-0.05, 0) is 31.2 Å². The Morgan fingerprint density at radius 2 is 1.96 bits per heavy atom. The van der Waals surface area contributed by atoms with Crippen LogP contribution in [0.4, 0.5) is 5.69 Å². The summed E-state index contributed by atoms with van der Waals surface area (Å²) in [5.74, 6) is -0.945. The monoisotopic (exact) mass is 367 g/mol. The highest BCUT2D eigenvalue weighted by Gasteiger charge is 2.11. The summed E-state index contributed by atoms with van der Waals surface area (Å²) >= 11 is 0. The highest BCUT2D eigenvalue weighted by atomic mass is 16.5. The van der Waals surface area contributed by atoms with E-state index in [1.807, 2.05) is 6.07 Å². The van der Waals surface area contributed by atoms with E-state index in [0.717, 1.165) is 0 Å². The third kappa shape index (κ3) is 4.30. The Hall–Kier alpha value is -3.68. The van der Waals surface area contributed by atoms with Crippen molar-refractivity contribution in [3.63, 3.8) is 0 Å². The maximum absolute atomic E-state index is 11.9. The third-order valence-corrected chi connectivity index (χ3v) is 3.63. The van der Waals surface area contributed by atoms with E-state index in [-0.39, 0.29) is 24.8 Å². The Morgan fingerprint density at radius 1 is 1.15 bits per heavy atom. The first-order chi connectivity index (χ1) is 13.1. The molecule has 3 aromatic rings. The van der Waals surface area contributed by atoms with Gasteiger partial charge in [0.25, 0.3) is 0 Å². The van der Waals surface area contributed by atoms with Gasteiger partial charge in [-0.2, -0.15) is 0 Å². The van der Waals surface area contributed by atoms with Crippen molar-refractivity contribution in [1.29, 1.82) is 0 Å². The van der Waals surface area contributed by atoms with Crippen LogP contribution in [-0.4, -0.2) is 35.2 Å². The van der Waals surface area contributed by atoms with Crippen molar-refractivity contribution in [1.82, 2.24) is 4.98 Å². The van der Waals surface area contributed by atoms with Crippen LogP contribution >= 0.6 is 0 Å². The first-order valence-electron chi connectivity index (χ1n) is 8.22. The van der Waals surface area contributed by atoms with Gasteiger partial charge < -0.3 is 19.6 Å². The molecule has 0 saturated carbocycles. The molecule has 1 amide bonds. The number of hydrogen-bond donors (Lipinski definition) is 2. The number of carbonyl (C=O) groups is 2. The molecule has 2 N–H and O–H groups in total. The lowest BCUT2D eigenvalue weighted by molar-refractivity contribution is -0.120. The maximum atomic E-state index is 11.9. The zero-order valence-electron chi connectivity index (χ0n) is 14.5. The highest BCUT2D eigenvalue weighted by molar-refractivity contribution is 5.94. The molecular weight excluding hydrogens is 350 g/mol. The van der Waals surface area contributed by atoms with Gasteiger partial charge in [0.05, 0.1) is 17.7 Å². The minimum absolute atomic E-state index is 0.171. The number of rotatable bonds is 6. The molecule has 8 nitrogen and oxygen atoms in total. The molecule has 0 atom stereocenters. The summed E-state index contributed by atoms with van der Waals surface area (Å²) in [4.78, 5) is 26.4. The van der Waals surface area contributed by atoms with Crippen molar-refractivity contribution >= 4 is 28.5 Å². The van der Waals surface area contributed by atoms with Crippen LogP contribution in [-0.2, 0) is 9.53 Å². The average Bonchev–Trinajstić information content (AvgIpc) is 3.00. The van der Waals surface area contributed by atoms with E-state index >= 15 is 0 Å². The second kappa shape index (κ2) is 8.13. The number of amides is 1. The molecule has 1 heterocycles. The summed E-state index contributed by atoms with van der Waals surface area (Å²) < 4.78 is 10.3. The van der Waals surface area contributed by atoms with Crippen LogP contribution in [0, 0.1) is 0 Å². The lowest BCUT2D eigenvalue weighted by Gasteiger charge is -2.05. The number of aromatic amines is 1. The number of esters is 1. The van der Waals surface area contributed by atoms with Crippen LogP contribution in [0.5, 0.6) is 11.6 Å². The Morgan fingerprint density at radius 3 is 2.78 bits per heavy atom. The average molecular weight is 367 g/mol. The fourth-order valence-corrected chi connectivity index (χ4v) is 2.42. The molecule has 0 aliphatic heterocycles.